The Kier molecular flexibility index (Phi) is 7.11. The Morgan fingerprint density at radius 2 is 1.65 bits per heavy atom. The van der Waals surface area contributed by atoms with Gasteiger partial charge in [-0.3, -0.25) is 14.4 Å². The molecule has 4 rings (SSSR count). The molecule has 0 aliphatic carbocycles. The maximum atomic E-state index is 13.2. The van der Waals surface area contributed by atoms with Crippen LogP contribution in [0.1, 0.15) is 46.2 Å². The van der Waals surface area contributed by atoms with Crippen LogP contribution >= 0.6 is 0 Å². The molecule has 1 atom stereocenters. The van der Waals surface area contributed by atoms with Gasteiger partial charge in [0.25, 0.3) is 11.8 Å². The average molecular weight is 461 g/mol. The van der Waals surface area contributed by atoms with Crippen molar-refractivity contribution in [3.05, 3.63) is 89.4 Å². The molecule has 1 aromatic heterocycles. The second kappa shape index (κ2) is 10.4. The second-order valence-electron chi connectivity index (χ2n) is 8.64. The summed E-state index contributed by atoms with van der Waals surface area (Å²) in [6, 6.07) is 18.1. The molecule has 2 amide bonds. The Morgan fingerprint density at radius 3 is 2.26 bits per heavy atom. The number of amides is 2. The number of carbonyl (C=O) groups excluding carboxylic acids is 3. The van der Waals surface area contributed by atoms with Gasteiger partial charge in [0.2, 0.25) is 6.10 Å². The molecule has 7 nitrogen and oxygen atoms in total. The monoisotopic (exact) mass is 460 g/mol. The first-order chi connectivity index (χ1) is 16.4. The van der Waals surface area contributed by atoms with E-state index in [2.05, 4.69) is 5.32 Å². The van der Waals surface area contributed by atoms with E-state index in [0.717, 1.165) is 11.1 Å². The number of aryl methyl sites for hydroxylation is 2. The van der Waals surface area contributed by atoms with Crippen molar-refractivity contribution in [2.24, 2.45) is 5.92 Å². The number of furan rings is 1. The minimum absolute atomic E-state index is 0.188. The molecular weight excluding hydrogens is 432 g/mol. The summed E-state index contributed by atoms with van der Waals surface area (Å²) in [5.41, 5.74) is 3.31. The molecule has 0 bridgehead atoms. The van der Waals surface area contributed by atoms with Gasteiger partial charge in [-0.15, -0.1) is 0 Å². The van der Waals surface area contributed by atoms with E-state index in [1.807, 2.05) is 38.1 Å². The van der Waals surface area contributed by atoms with Gasteiger partial charge >= 0.3 is 5.97 Å². The van der Waals surface area contributed by atoms with Gasteiger partial charge in [-0.1, -0.05) is 36.4 Å². The lowest BCUT2D eigenvalue weighted by Crippen LogP contribution is -2.41. The summed E-state index contributed by atoms with van der Waals surface area (Å²) in [6.45, 7) is 4.76. The largest absolute Gasteiger partial charge is 0.459 e. The number of hydrogen-bond acceptors (Lipinski definition) is 5. The first-order valence-corrected chi connectivity index (χ1v) is 11.4. The Balaban J connectivity index is 1.43. The third-order valence-corrected chi connectivity index (χ3v) is 5.91. The lowest BCUT2D eigenvalue weighted by Gasteiger charge is -2.31. The number of piperidine rings is 1. The van der Waals surface area contributed by atoms with Crippen LogP contribution in [0.25, 0.3) is 0 Å². The van der Waals surface area contributed by atoms with Crippen molar-refractivity contribution in [3.63, 3.8) is 0 Å². The van der Waals surface area contributed by atoms with Gasteiger partial charge in [-0.2, -0.15) is 0 Å². The number of likely N-dealkylation sites (tertiary alicyclic amines) is 1. The topological polar surface area (TPSA) is 88.9 Å². The first-order valence-electron chi connectivity index (χ1n) is 11.4. The number of ether oxygens (including phenoxy) is 1. The molecule has 34 heavy (non-hydrogen) atoms. The van der Waals surface area contributed by atoms with Crippen molar-refractivity contribution in [3.8, 4) is 0 Å². The second-order valence-corrected chi connectivity index (χ2v) is 8.64. The van der Waals surface area contributed by atoms with Crippen LogP contribution in [0.3, 0.4) is 0 Å². The number of esters is 1. The fourth-order valence-corrected chi connectivity index (χ4v) is 4.24. The van der Waals surface area contributed by atoms with Crippen LogP contribution in [0.2, 0.25) is 0 Å². The molecule has 1 unspecified atom stereocenters. The summed E-state index contributed by atoms with van der Waals surface area (Å²) >= 11 is 0. The molecule has 0 saturated carbocycles. The number of nitrogens with one attached hydrogen (secondary N) is 1. The van der Waals surface area contributed by atoms with Crippen molar-refractivity contribution >= 4 is 23.5 Å². The summed E-state index contributed by atoms with van der Waals surface area (Å²) < 4.78 is 11.0. The number of rotatable bonds is 6. The van der Waals surface area contributed by atoms with Crippen molar-refractivity contribution in [1.82, 2.24) is 4.90 Å². The zero-order chi connectivity index (χ0) is 24.1. The van der Waals surface area contributed by atoms with Gasteiger partial charge < -0.3 is 19.4 Å². The molecule has 0 radical (unpaired) electrons. The van der Waals surface area contributed by atoms with Gasteiger partial charge in [-0.05, 0) is 62.1 Å². The van der Waals surface area contributed by atoms with E-state index in [9.17, 15) is 14.4 Å². The Bertz CT molecular complexity index is 1130. The van der Waals surface area contributed by atoms with E-state index in [1.54, 1.807) is 41.3 Å². The number of carbonyl (C=O) groups is 3. The third kappa shape index (κ3) is 5.54. The highest BCUT2D eigenvalue weighted by Crippen LogP contribution is 2.26. The van der Waals surface area contributed by atoms with Gasteiger partial charge in [0.05, 0.1) is 12.2 Å². The number of nitrogens with zero attached hydrogens (tertiary/aromatic N) is 1. The highest BCUT2D eigenvalue weighted by molar-refractivity contribution is 5.96. The van der Waals surface area contributed by atoms with Gasteiger partial charge in [0.15, 0.2) is 5.76 Å². The molecule has 1 saturated heterocycles. The first kappa shape index (κ1) is 23.3. The van der Waals surface area contributed by atoms with E-state index in [-0.39, 0.29) is 17.6 Å². The molecule has 1 fully saturated rings. The summed E-state index contributed by atoms with van der Waals surface area (Å²) in [6.07, 6.45) is 1.32. The maximum absolute atomic E-state index is 13.2. The van der Waals surface area contributed by atoms with Gasteiger partial charge in [0, 0.05) is 24.3 Å². The zero-order valence-electron chi connectivity index (χ0n) is 19.3. The van der Waals surface area contributed by atoms with Gasteiger partial charge in [0.1, 0.15) is 0 Å². The summed E-state index contributed by atoms with van der Waals surface area (Å²) in [5.74, 6) is -1.13. The minimum atomic E-state index is -1.07. The summed E-state index contributed by atoms with van der Waals surface area (Å²) in [5, 5.41) is 2.89. The molecule has 1 aliphatic heterocycles. The molecule has 1 aliphatic rings. The fourth-order valence-electron chi connectivity index (χ4n) is 4.24. The van der Waals surface area contributed by atoms with Crippen molar-refractivity contribution < 1.29 is 23.5 Å². The Morgan fingerprint density at radius 1 is 0.971 bits per heavy atom. The Hall–Kier alpha value is -3.87. The summed E-state index contributed by atoms with van der Waals surface area (Å²) in [7, 11) is 0. The normalized spacial score (nSPS) is 14.9. The SMILES string of the molecule is Cc1cc(C)cc(NC(=O)C(OC(=O)C2CCN(C(=O)c3ccco3)CC2)c2ccccc2)c1. The average Bonchev–Trinajstić information content (AvgIpc) is 3.37. The number of anilines is 1. The molecule has 1 N–H and O–H groups in total. The van der Waals surface area contributed by atoms with Crippen molar-refractivity contribution in [2.45, 2.75) is 32.8 Å². The summed E-state index contributed by atoms with van der Waals surface area (Å²) in [4.78, 5) is 40.3. The molecule has 0 spiro atoms. The maximum Gasteiger partial charge on any atom is 0.310 e. The number of hydrogen-bond donors (Lipinski definition) is 1. The lowest BCUT2D eigenvalue weighted by molar-refractivity contribution is -0.160. The molecule has 176 valence electrons. The van der Waals surface area contributed by atoms with Crippen LogP contribution < -0.4 is 5.32 Å². The van der Waals surface area contributed by atoms with E-state index in [0.29, 0.717) is 37.2 Å². The van der Waals surface area contributed by atoms with E-state index in [4.69, 9.17) is 9.15 Å². The predicted octanol–water partition coefficient (Wildman–Crippen LogP) is 4.67. The van der Waals surface area contributed by atoms with Crippen LogP contribution in [0, 0.1) is 19.8 Å². The van der Waals surface area contributed by atoms with E-state index >= 15 is 0 Å². The zero-order valence-corrected chi connectivity index (χ0v) is 19.3. The molecule has 7 heteroatoms. The quantitative estimate of drug-likeness (QED) is 0.540. The standard InChI is InChI=1S/C27H28N2O5/c1-18-15-19(2)17-22(16-18)28-25(30)24(20-7-4-3-5-8-20)34-27(32)21-10-12-29(13-11-21)26(31)23-9-6-14-33-23/h3-9,14-17,21,24H,10-13H2,1-2H3,(H,28,30). The molecule has 2 aromatic carbocycles. The van der Waals surface area contributed by atoms with Gasteiger partial charge in [-0.25, -0.2) is 0 Å². The Labute approximate surface area is 198 Å². The van der Waals surface area contributed by atoms with Crippen LogP contribution in [-0.2, 0) is 14.3 Å². The third-order valence-electron chi connectivity index (χ3n) is 5.91. The fraction of sp³-hybridized carbons (Fsp3) is 0.296. The predicted molar refractivity (Wildman–Crippen MR) is 127 cm³/mol. The van der Waals surface area contributed by atoms with E-state index in [1.165, 1.54) is 6.26 Å². The molecular formula is C27H28N2O5. The van der Waals surface area contributed by atoms with Crippen LogP contribution in [0.4, 0.5) is 5.69 Å². The van der Waals surface area contributed by atoms with Crippen LogP contribution in [0.5, 0.6) is 0 Å². The van der Waals surface area contributed by atoms with E-state index < -0.39 is 18.0 Å². The van der Waals surface area contributed by atoms with Crippen LogP contribution in [0.15, 0.2) is 71.3 Å². The smallest absolute Gasteiger partial charge is 0.310 e. The van der Waals surface area contributed by atoms with Crippen molar-refractivity contribution in [1.29, 1.82) is 0 Å². The highest BCUT2D eigenvalue weighted by Gasteiger charge is 2.33. The number of benzene rings is 2. The highest BCUT2D eigenvalue weighted by atomic mass is 16.5. The van der Waals surface area contributed by atoms with Crippen LogP contribution in [-0.4, -0.2) is 35.8 Å². The molecule has 2 heterocycles. The lowest BCUT2D eigenvalue weighted by atomic mass is 9.96. The van der Waals surface area contributed by atoms with Crippen molar-refractivity contribution in [2.75, 3.05) is 18.4 Å². The minimum Gasteiger partial charge on any atom is -0.459 e. The molecule has 3 aromatic rings.